The quantitative estimate of drug-likeness (QED) is 0.886. The molecule has 2 rings (SSSR count). The number of methoxy groups -OCH3 is 2. The van der Waals surface area contributed by atoms with Crippen LogP contribution in [-0.2, 0) is 0 Å². The lowest BCUT2D eigenvalue weighted by atomic mass is 10.1. The maximum Gasteiger partial charge on any atom is 0.162 e. The molecule has 0 spiro atoms. The lowest BCUT2D eigenvalue weighted by Crippen LogP contribution is -2.08. The van der Waals surface area contributed by atoms with E-state index in [-0.39, 0.29) is 6.04 Å². The summed E-state index contributed by atoms with van der Waals surface area (Å²) in [7, 11) is 3.29. The van der Waals surface area contributed by atoms with E-state index in [1.165, 1.54) is 5.56 Å². The molecule has 0 aliphatic rings. The van der Waals surface area contributed by atoms with Crippen LogP contribution in [-0.4, -0.2) is 14.2 Å². The molecule has 4 heteroatoms. The van der Waals surface area contributed by atoms with Crippen LogP contribution in [0.3, 0.4) is 0 Å². The zero-order valence-electron chi connectivity index (χ0n) is 13.5. The molecule has 1 aromatic heterocycles. The number of hydrogen-bond donors (Lipinski definition) is 1. The molecule has 2 aromatic rings. The Balaban J connectivity index is 2.28. The number of benzene rings is 1. The van der Waals surface area contributed by atoms with Crippen LogP contribution in [0, 0.1) is 20.8 Å². The normalized spacial score (nSPS) is 12.1. The molecule has 4 nitrogen and oxygen atoms in total. The third kappa shape index (κ3) is 3.15. The summed E-state index contributed by atoms with van der Waals surface area (Å²) < 4.78 is 16.3. The van der Waals surface area contributed by atoms with Gasteiger partial charge in [0.15, 0.2) is 11.5 Å². The first kappa shape index (κ1) is 15.3. The molecule has 0 saturated carbocycles. The van der Waals surface area contributed by atoms with Gasteiger partial charge in [0.25, 0.3) is 0 Å². The molecule has 0 aliphatic carbocycles. The van der Waals surface area contributed by atoms with E-state index in [0.717, 1.165) is 34.3 Å². The van der Waals surface area contributed by atoms with E-state index in [4.69, 9.17) is 13.9 Å². The largest absolute Gasteiger partial charge is 0.493 e. The van der Waals surface area contributed by atoms with Crippen LogP contribution in [0.4, 0.5) is 5.69 Å². The minimum Gasteiger partial charge on any atom is -0.493 e. The highest BCUT2D eigenvalue weighted by atomic mass is 16.5. The molecule has 0 saturated heterocycles. The Bertz CT molecular complexity index is 631. The Hall–Kier alpha value is -2.10. The lowest BCUT2D eigenvalue weighted by Gasteiger charge is -2.18. The summed E-state index contributed by atoms with van der Waals surface area (Å²) in [5.41, 5.74) is 3.30. The molecular formula is C17H23NO3. The van der Waals surface area contributed by atoms with Gasteiger partial charge in [-0.1, -0.05) is 0 Å². The summed E-state index contributed by atoms with van der Waals surface area (Å²) in [5, 5.41) is 3.51. The minimum absolute atomic E-state index is 0.152. The monoisotopic (exact) mass is 289 g/mol. The number of nitrogens with one attached hydrogen (secondary N) is 1. The van der Waals surface area contributed by atoms with E-state index in [1.54, 1.807) is 14.2 Å². The summed E-state index contributed by atoms with van der Waals surface area (Å²) in [6.45, 7) is 8.12. The van der Waals surface area contributed by atoms with Crippen molar-refractivity contribution in [2.24, 2.45) is 0 Å². The third-order valence-electron chi connectivity index (χ3n) is 3.65. The summed E-state index contributed by atoms with van der Waals surface area (Å²) in [4.78, 5) is 0. The number of rotatable bonds is 5. The van der Waals surface area contributed by atoms with Gasteiger partial charge in [-0.2, -0.15) is 0 Å². The molecule has 0 radical (unpaired) electrons. The van der Waals surface area contributed by atoms with Crippen molar-refractivity contribution in [3.05, 3.63) is 40.8 Å². The Morgan fingerprint density at radius 1 is 1.00 bits per heavy atom. The van der Waals surface area contributed by atoms with Crippen LogP contribution in [0.2, 0.25) is 0 Å². The highest BCUT2D eigenvalue weighted by Gasteiger charge is 2.15. The van der Waals surface area contributed by atoms with Crippen LogP contribution in [0.15, 0.2) is 22.6 Å². The highest BCUT2D eigenvalue weighted by molar-refractivity contribution is 5.61. The van der Waals surface area contributed by atoms with E-state index in [9.17, 15) is 0 Å². The van der Waals surface area contributed by atoms with Gasteiger partial charge in [-0.25, -0.2) is 0 Å². The average Bonchev–Trinajstić information content (AvgIpc) is 2.79. The van der Waals surface area contributed by atoms with Gasteiger partial charge in [-0.15, -0.1) is 0 Å². The molecule has 0 bridgehead atoms. The van der Waals surface area contributed by atoms with Gasteiger partial charge >= 0.3 is 0 Å². The SMILES string of the molecule is COc1cc(C)c(NC(C)c2cc(C)oc2C)cc1OC. The molecule has 0 aliphatic heterocycles. The maximum atomic E-state index is 5.60. The Kier molecular flexibility index (Phi) is 4.46. The van der Waals surface area contributed by atoms with Crippen molar-refractivity contribution in [3.8, 4) is 11.5 Å². The van der Waals surface area contributed by atoms with Crippen LogP contribution < -0.4 is 14.8 Å². The van der Waals surface area contributed by atoms with Gasteiger partial charge in [0.05, 0.1) is 20.3 Å². The third-order valence-corrected chi connectivity index (χ3v) is 3.65. The Morgan fingerprint density at radius 3 is 2.14 bits per heavy atom. The molecule has 1 aromatic carbocycles. The number of anilines is 1. The molecule has 114 valence electrons. The van der Waals surface area contributed by atoms with Gasteiger partial charge in [0.1, 0.15) is 11.5 Å². The standard InChI is InChI=1S/C17H23NO3/c1-10-7-16(19-5)17(20-6)9-15(10)18-12(3)14-8-11(2)21-13(14)4/h7-9,12,18H,1-6H3. The second kappa shape index (κ2) is 6.12. The Morgan fingerprint density at radius 2 is 1.62 bits per heavy atom. The zero-order valence-corrected chi connectivity index (χ0v) is 13.5. The second-order valence-corrected chi connectivity index (χ2v) is 5.26. The first-order valence-corrected chi connectivity index (χ1v) is 7.02. The van der Waals surface area contributed by atoms with Crippen molar-refractivity contribution in [2.45, 2.75) is 33.7 Å². The fourth-order valence-electron chi connectivity index (χ4n) is 2.53. The smallest absolute Gasteiger partial charge is 0.162 e. The lowest BCUT2D eigenvalue weighted by molar-refractivity contribution is 0.355. The van der Waals surface area contributed by atoms with Crippen molar-refractivity contribution < 1.29 is 13.9 Å². The van der Waals surface area contributed by atoms with Gasteiger partial charge in [-0.3, -0.25) is 0 Å². The van der Waals surface area contributed by atoms with Gasteiger partial charge in [0, 0.05) is 17.3 Å². The highest BCUT2D eigenvalue weighted by Crippen LogP contribution is 2.35. The fourth-order valence-corrected chi connectivity index (χ4v) is 2.53. The summed E-state index contributed by atoms with van der Waals surface area (Å²) in [5.74, 6) is 3.34. The number of hydrogen-bond acceptors (Lipinski definition) is 4. The second-order valence-electron chi connectivity index (χ2n) is 5.26. The molecular weight excluding hydrogens is 266 g/mol. The predicted molar refractivity (Wildman–Crippen MR) is 84.5 cm³/mol. The molecule has 1 N–H and O–H groups in total. The van der Waals surface area contributed by atoms with Crippen LogP contribution >= 0.6 is 0 Å². The average molecular weight is 289 g/mol. The van der Waals surface area contributed by atoms with Crippen molar-refractivity contribution >= 4 is 5.69 Å². The minimum atomic E-state index is 0.152. The maximum absolute atomic E-state index is 5.60. The molecule has 0 fully saturated rings. The van der Waals surface area contributed by atoms with Crippen LogP contribution in [0.5, 0.6) is 11.5 Å². The molecule has 1 heterocycles. The predicted octanol–water partition coefficient (Wildman–Crippen LogP) is 4.40. The van der Waals surface area contributed by atoms with E-state index in [1.807, 2.05) is 32.9 Å². The van der Waals surface area contributed by atoms with Crippen molar-refractivity contribution in [3.63, 3.8) is 0 Å². The van der Waals surface area contributed by atoms with Gasteiger partial charge in [0.2, 0.25) is 0 Å². The van der Waals surface area contributed by atoms with E-state index < -0.39 is 0 Å². The molecule has 0 amide bonds. The van der Waals surface area contributed by atoms with E-state index in [0.29, 0.717) is 0 Å². The van der Waals surface area contributed by atoms with Crippen molar-refractivity contribution in [1.29, 1.82) is 0 Å². The first-order chi connectivity index (χ1) is 9.96. The van der Waals surface area contributed by atoms with Gasteiger partial charge < -0.3 is 19.2 Å². The van der Waals surface area contributed by atoms with Crippen molar-refractivity contribution in [2.75, 3.05) is 19.5 Å². The molecule has 21 heavy (non-hydrogen) atoms. The van der Waals surface area contributed by atoms with Gasteiger partial charge in [-0.05, 0) is 45.4 Å². The number of aryl methyl sites for hydroxylation is 3. The summed E-state index contributed by atoms with van der Waals surface area (Å²) >= 11 is 0. The van der Waals surface area contributed by atoms with Crippen LogP contribution in [0.25, 0.3) is 0 Å². The van der Waals surface area contributed by atoms with E-state index >= 15 is 0 Å². The van der Waals surface area contributed by atoms with E-state index in [2.05, 4.69) is 18.3 Å². The molecule has 1 unspecified atom stereocenters. The Labute approximate surface area is 126 Å². The number of ether oxygens (including phenoxy) is 2. The number of furan rings is 1. The fraction of sp³-hybridized carbons (Fsp3) is 0.412. The zero-order chi connectivity index (χ0) is 15.6. The first-order valence-electron chi connectivity index (χ1n) is 7.02. The van der Waals surface area contributed by atoms with Crippen molar-refractivity contribution in [1.82, 2.24) is 0 Å². The summed E-state index contributed by atoms with van der Waals surface area (Å²) in [6, 6.07) is 6.16. The summed E-state index contributed by atoms with van der Waals surface area (Å²) in [6.07, 6.45) is 0. The topological polar surface area (TPSA) is 43.6 Å². The molecule has 1 atom stereocenters. The van der Waals surface area contributed by atoms with Crippen LogP contribution in [0.1, 0.15) is 35.6 Å².